The van der Waals surface area contributed by atoms with Crippen LogP contribution in [0.3, 0.4) is 0 Å². The summed E-state index contributed by atoms with van der Waals surface area (Å²) >= 11 is 6.49. The van der Waals surface area contributed by atoms with Crippen molar-refractivity contribution in [3.63, 3.8) is 0 Å². The van der Waals surface area contributed by atoms with Crippen LogP contribution in [-0.4, -0.2) is 69.4 Å². The molecule has 0 atom stereocenters. The molecule has 0 spiro atoms. The summed E-state index contributed by atoms with van der Waals surface area (Å²) in [7, 11) is 1.65. The van der Waals surface area contributed by atoms with E-state index in [0.29, 0.717) is 39.3 Å². The molecule has 0 unspecified atom stereocenters. The molecular formula is C26H25N5O4S2. The van der Waals surface area contributed by atoms with Gasteiger partial charge in [-0.25, -0.2) is 4.98 Å². The van der Waals surface area contributed by atoms with Gasteiger partial charge in [0.05, 0.1) is 10.5 Å². The van der Waals surface area contributed by atoms with Crippen molar-refractivity contribution in [2.45, 2.75) is 13.5 Å². The fourth-order valence-electron chi connectivity index (χ4n) is 4.71. The zero-order valence-electron chi connectivity index (χ0n) is 20.5. The van der Waals surface area contributed by atoms with Gasteiger partial charge in [0.2, 0.25) is 6.79 Å². The fraction of sp³-hybridized carbons (Fsp3) is 0.308. The predicted octanol–water partition coefficient (Wildman–Crippen LogP) is 2.88. The Hall–Kier alpha value is -3.41. The highest BCUT2D eigenvalue weighted by atomic mass is 32.2. The highest BCUT2D eigenvalue weighted by Crippen LogP contribution is 2.34. The zero-order chi connectivity index (χ0) is 25.7. The molecule has 9 nitrogen and oxygen atoms in total. The van der Waals surface area contributed by atoms with Crippen molar-refractivity contribution >= 4 is 51.7 Å². The van der Waals surface area contributed by atoms with Crippen LogP contribution in [0.25, 0.3) is 11.7 Å². The lowest BCUT2D eigenvalue weighted by Gasteiger charge is -2.36. The Morgan fingerprint density at radius 1 is 1.08 bits per heavy atom. The average molecular weight is 536 g/mol. The van der Waals surface area contributed by atoms with Gasteiger partial charge in [-0.3, -0.25) is 23.8 Å². The van der Waals surface area contributed by atoms with Crippen molar-refractivity contribution in [2.24, 2.45) is 0 Å². The van der Waals surface area contributed by atoms with E-state index in [2.05, 4.69) is 15.9 Å². The standard InChI is InChI=1S/C26H25N5O4S2/c1-16-3-6-22-27-23(18(24(32)31(22)13-16)12-21-25(33)28(2)26(36)37-21)30-9-7-29(8-10-30)14-17-4-5-19-20(11-17)35-15-34-19/h3-6,11-13H,7-10,14-15H2,1-2H3. The molecule has 37 heavy (non-hydrogen) atoms. The Balaban J connectivity index is 1.29. The van der Waals surface area contributed by atoms with Crippen LogP contribution < -0.4 is 19.9 Å². The molecule has 5 heterocycles. The van der Waals surface area contributed by atoms with E-state index in [0.717, 1.165) is 42.3 Å². The topological polar surface area (TPSA) is 79.6 Å². The first kappa shape index (κ1) is 24.0. The van der Waals surface area contributed by atoms with Crippen molar-refractivity contribution in [3.05, 3.63) is 68.5 Å². The minimum Gasteiger partial charge on any atom is -0.454 e. The van der Waals surface area contributed by atoms with Crippen molar-refractivity contribution in [2.75, 3.05) is 44.9 Å². The van der Waals surface area contributed by atoms with Gasteiger partial charge in [-0.2, -0.15) is 0 Å². The smallest absolute Gasteiger partial charge is 0.267 e. The Bertz CT molecular complexity index is 1530. The number of carbonyl (C=O) groups excluding carboxylic acids is 1. The third kappa shape index (κ3) is 4.47. The number of benzene rings is 1. The summed E-state index contributed by atoms with van der Waals surface area (Å²) in [4.78, 5) is 37.6. The van der Waals surface area contributed by atoms with Gasteiger partial charge in [-0.05, 0) is 42.3 Å². The summed E-state index contributed by atoms with van der Waals surface area (Å²) in [6.45, 7) is 6.01. The van der Waals surface area contributed by atoms with Crippen molar-refractivity contribution in [1.82, 2.24) is 19.2 Å². The maximum Gasteiger partial charge on any atom is 0.267 e. The van der Waals surface area contributed by atoms with Crippen LogP contribution in [0, 0.1) is 6.92 Å². The van der Waals surface area contributed by atoms with Gasteiger partial charge in [0, 0.05) is 46.0 Å². The first-order valence-corrected chi connectivity index (χ1v) is 13.2. The van der Waals surface area contributed by atoms with E-state index < -0.39 is 0 Å². The first-order valence-electron chi connectivity index (χ1n) is 12.0. The van der Waals surface area contributed by atoms with E-state index in [9.17, 15) is 9.59 Å². The summed E-state index contributed by atoms with van der Waals surface area (Å²) in [6.07, 6.45) is 3.43. The number of fused-ring (bicyclic) bond motifs is 2. The molecular weight excluding hydrogens is 510 g/mol. The number of likely N-dealkylation sites (N-methyl/N-ethyl adjacent to an activating group) is 1. The van der Waals surface area contributed by atoms with Gasteiger partial charge in [0.1, 0.15) is 15.8 Å². The van der Waals surface area contributed by atoms with E-state index in [1.54, 1.807) is 23.7 Å². The van der Waals surface area contributed by atoms with Crippen molar-refractivity contribution in [1.29, 1.82) is 0 Å². The third-order valence-corrected chi connectivity index (χ3v) is 8.25. The molecule has 6 rings (SSSR count). The number of hydrogen-bond donors (Lipinski definition) is 0. The molecule has 0 saturated carbocycles. The maximum absolute atomic E-state index is 13.7. The number of nitrogens with zero attached hydrogens (tertiary/aromatic N) is 5. The third-order valence-electron chi connectivity index (χ3n) is 6.76. The van der Waals surface area contributed by atoms with Crippen LogP contribution in [0.1, 0.15) is 16.7 Å². The largest absolute Gasteiger partial charge is 0.454 e. The van der Waals surface area contributed by atoms with Crippen LogP contribution in [0.15, 0.2) is 46.2 Å². The summed E-state index contributed by atoms with van der Waals surface area (Å²) in [5.74, 6) is 1.96. The molecule has 0 N–H and O–H groups in total. The predicted molar refractivity (Wildman–Crippen MR) is 147 cm³/mol. The second-order valence-corrected chi connectivity index (χ2v) is 11.0. The molecule has 3 aromatic rings. The molecule has 1 amide bonds. The molecule has 2 saturated heterocycles. The highest BCUT2D eigenvalue weighted by molar-refractivity contribution is 8.26. The molecule has 0 bridgehead atoms. The minimum atomic E-state index is -0.205. The van der Waals surface area contributed by atoms with Gasteiger partial charge in [0.25, 0.3) is 11.5 Å². The molecule has 11 heteroatoms. The lowest BCUT2D eigenvalue weighted by Crippen LogP contribution is -2.47. The average Bonchev–Trinajstić information content (AvgIpc) is 3.46. The van der Waals surface area contributed by atoms with Gasteiger partial charge in [-0.1, -0.05) is 36.1 Å². The number of thioether (sulfide) groups is 1. The Morgan fingerprint density at radius 3 is 2.62 bits per heavy atom. The van der Waals surface area contributed by atoms with E-state index in [1.807, 2.05) is 31.2 Å². The summed E-state index contributed by atoms with van der Waals surface area (Å²) in [5.41, 5.74) is 2.90. The van der Waals surface area contributed by atoms with E-state index in [-0.39, 0.29) is 18.3 Å². The van der Waals surface area contributed by atoms with Gasteiger partial charge < -0.3 is 14.4 Å². The van der Waals surface area contributed by atoms with Gasteiger partial charge in [0.15, 0.2) is 11.5 Å². The molecule has 2 fully saturated rings. The number of pyridine rings is 1. The monoisotopic (exact) mass is 535 g/mol. The maximum atomic E-state index is 13.7. The number of anilines is 1. The summed E-state index contributed by atoms with van der Waals surface area (Å²) < 4.78 is 13.0. The van der Waals surface area contributed by atoms with Crippen LogP contribution in [0.5, 0.6) is 11.5 Å². The van der Waals surface area contributed by atoms with E-state index in [1.165, 1.54) is 16.7 Å². The number of amides is 1. The summed E-state index contributed by atoms with van der Waals surface area (Å²) in [5, 5.41) is 0. The molecule has 2 aromatic heterocycles. The molecule has 190 valence electrons. The zero-order valence-corrected chi connectivity index (χ0v) is 22.1. The normalized spacial score (nSPS) is 19.0. The Labute approximate surface area is 223 Å². The quantitative estimate of drug-likeness (QED) is 0.370. The summed E-state index contributed by atoms with van der Waals surface area (Å²) in [6, 6.07) is 9.84. The van der Waals surface area contributed by atoms with Crippen LogP contribution >= 0.6 is 24.0 Å². The number of hydrogen-bond acceptors (Lipinski definition) is 9. The Kier molecular flexibility index (Phi) is 6.13. The Morgan fingerprint density at radius 2 is 1.86 bits per heavy atom. The first-order chi connectivity index (χ1) is 17.9. The molecule has 0 radical (unpaired) electrons. The SMILES string of the molecule is Cc1ccc2nc(N3CCN(Cc4ccc5c(c4)OCO5)CC3)c(C=C3SC(=S)N(C)C3=O)c(=O)n2c1. The number of rotatable bonds is 4. The molecule has 3 aliphatic heterocycles. The number of aryl methyl sites for hydroxylation is 1. The van der Waals surface area contributed by atoms with Gasteiger partial charge >= 0.3 is 0 Å². The number of thiocarbonyl (C=S) groups is 1. The molecule has 0 aliphatic carbocycles. The number of aromatic nitrogens is 2. The second kappa shape index (κ2) is 9.47. The lowest BCUT2D eigenvalue weighted by molar-refractivity contribution is -0.121. The van der Waals surface area contributed by atoms with E-state index >= 15 is 0 Å². The minimum absolute atomic E-state index is 0.201. The number of piperazine rings is 1. The van der Waals surface area contributed by atoms with Gasteiger partial charge in [-0.15, -0.1) is 0 Å². The fourth-order valence-corrected chi connectivity index (χ4v) is 5.87. The molecule has 1 aromatic carbocycles. The highest BCUT2D eigenvalue weighted by Gasteiger charge is 2.30. The second-order valence-electron chi connectivity index (χ2n) is 9.28. The van der Waals surface area contributed by atoms with Crippen LogP contribution in [-0.2, 0) is 11.3 Å². The lowest BCUT2D eigenvalue weighted by atomic mass is 10.1. The number of carbonyl (C=O) groups is 1. The van der Waals surface area contributed by atoms with Crippen LogP contribution in [0.2, 0.25) is 0 Å². The number of ether oxygens (including phenoxy) is 2. The van der Waals surface area contributed by atoms with Crippen LogP contribution in [0.4, 0.5) is 5.82 Å². The van der Waals surface area contributed by atoms with Crippen molar-refractivity contribution in [3.8, 4) is 11.5 Å². The molecule has 3 aliphatic rings. The van der Waals surface area contributed by atoms with Crippen molar-refractivity contribution < 1.29 is 14.3 Å². The van der Waals surface area contributed by atoms with E-state index in [4.69, 9.17) is 26.7 Å².